The Morgan fingerprint density at radius 1 is 1.61 bits per heavy atom. The van der Waals surface area contributed by atoms with Gasteiger partial charge in [0.05, 0.1) is 5.56 Å². The van der Waals surface area contributed by atoms with Crippen molar-refractivity contribution in [2.75, 3.05) is 11.9 Å². The number of anilines is 1. The molecule has 1 aromatic rings. The Bertz CT molecular complexity index is 493. The van der Waals surface area contributed by atoms with E-state index in [-0.39, 0.29) is 5.91 Å². The maximum Gasteiger partial charge on any atom is 0.221 e. The van der Waals surface area contributed by atoms with E-state index in [1.165, 1.54) is 6.20 Å². The molecule has 1 heterocycles. The first kappa shape index (κ1) is 12.7. The molecule has 0 saturated heterocycles. The summed E-state index contributed by atoms with van der Waals surface area (Å²) < 4.78 is 0. The van der Waals surface area contributed by atoms with Crippen LogP contribution < -0.4 is 10.6 Å². The summed E-state index contributed by atoms with van der Waals surface area (Å²) in [6.07, 6.45) is 4.04. The lowest BCUT2D eigenvalue weighted by Gasteiger charge is -2.08. The number of hydrogen-bond donors (Lipinski definition) is 2. The number of hydrogen-bond acceptors (Lipinski definition) is 4. The minimum Gasteiger partial charge on any atom is -0.368 e. The van der Waals surface area contributed by atoms with Crippen LogP contribution in [0.5, 0.6) is 0 Å². The van der Waals surface area contributed by atoms with Crippen LogP contribution in [0.2, 0.25) is 5.02 Å². The fourth-order valence-corrected chi connectivity index (χ4v) is 1.70. The number of carbonyl (C=O) groups excluding carboxylic acids is 1. The number of carbonyl (C=O) groups is 1. The van der Waals surface area contributed by atoms with Crippen molar-refractivity contribution in [3.63, 3.8) is 0 Å². The topological polar surface area (TPSA) is 77.8 Å². The van der Waals surface area contributed by atoms with Gasteiger partial charge in [0.2, 0.25) is 5.91 Å². The highest BCUT2D eigenvalue weighted by atomic mass is 35.5. The summed E-state index contributed by atoms with van der Waals surface area (Å²) >= 11 is 5.97. The molecule has 2 rings (SSSR count). The molecule has 1 amide bonds. The Morgan fingerprint density at radius 2 is 2.39 bits per heavy atom. The maximum absolute atomic E-state index is 11.4. The second-order valence-electron chi connectivity index (χ2n) is 4.15. The van der Waals surface area contributed by atoms with Gasteiger partial charge in [-0.05, 0) is 18.9 Å². The van der Waals surface area contributed by atoms with Crippen molar-refractivity contribution in [1.82, 2.24) is 10.3 Å². The summed E-state index contributed by atoms with van der Waals surface area (Å²) in [5.74, 6) is 0.465. The van der Waals surface area contributed by atoms with Gasteiger partial charge in [-0.3, -0.25) is 4.79 Å². The van der Waals surface area contributed by atoms with Crippen molar-refractivity contribution in [2.24, 2.45) is 0 Å². The van der Waals surface area contributed by atoms with E-state index >= 15 is 0 Å². The average molecular weight is 265 g/mol. The molecule has 0 spiro atoms. The van der Waals surface area contributed by atoms with Crippen molar-refractivity contribution in [3.8, 4) is 6.07 Å². The molecule has 0 bridgehead atoms. The van der Waals surface area contributed by atoms with Crippen LogP contribution in [0.15, 0.2) is 12.3 Å². The van der Waals surface area contributed by atoms with Gasteiger partial charge < -0.3 is 10.6 Å². The first-order valence-electron chi connectivity index (χ1n) is 5.78. The minimum absolute atomic E-state index is 0.0255. The molecule has 5 nitrogen and oxygen atoms in total. The number of amides is 1. The third-order valence-electron chi connectivity index (χ3n) is 2.60. The Balaban J connectivity index is 1.82. The quantitative estimate of drug-likeness (QED) is 0.848. The monoisotopic (exact) mass is 264 g/mol. The number of halogens is 1. The predicted octanol–water partition coefficient (Wildman–Crippen LogP) is 1.69. The maximum atomic E-state index is 11.4. The first-order valence-corrected chi connectivity index (χ1v) is 6.16. The van der Waals surface area contributed by atoms with Gasteiger partial charge in [0, 0.05) is 25.2 Å². The largest absolute Gasteiger partial charge is 0.368 e. The summed E-state index contributed by atoms with van der Waals surface area (Å²) in [5, 5.41) is 15.0. The lowest BCUT2D eigenvalue weighted by atomic mass is 10.3. The van der Waals surface area contributed by atoms with Crippen LogP contribution in [0.25, 0.3) is 0 Å². The summed E-state index contributed by atoms with van der Waals surface area (Å²) in [6, 6.07) is 3.90. The van der Waals surface area contributed by atoms with Gasteiger partial charge in [-0.1, -0.05) is 11.6 Å². The molecule has 0 atom stereocenters. The van der Waals surface area contributed by atoms with E-state index in [2.05, 4.69) is 15.6 Å². The Labute approximate surface area is 110 Å². The van der Waals surface area contributed by atoms with E-state index in [1.807, 2.05) is 6.07 Å². The van der Waals surface area contributed by atoms with E-state index < -0.39 is 0 Å². The SMILES string of the molecule is N#Cc1ccnc(NCCC(=O)NC2CC2)c1Cl. The standard InChI is InChI=1S/C12H13ClN4O/c13-11-8(7-14)3-5-15-12(11)16-6-4-10(18)17-9-1-2-9/h3,5,9H,1-2,4,6H2,(H,15,16)(H,17,18). The molecule has 1 aliphatic carbocycles. The zero-order valence-electron chi connectivity index (χ0n) is 9.74. The van der Waals surface area contributed by atoms with Crippen molar-refractivity contribution < 1.29 is 4.79 Å². The van der Waals surface area contributed by atoms with Gasteiger partial charge in [-0.15, -0.1) is 0 Å². The van der Waals surface area contributed by atoms with Crippen molar-refractivity contribution in [1.29, 1.82) is 5.26 Å². The zero-order chi connectivity index (χ0) is 13.0. The minimum atomic E-state index is 0.0255. The average Bonchev–Trinajstić information content (AvgIpc) is 3.15. The summed E-state index contributed by atoms with van der Waals surface area (Å²) in [5.41, 5.74) is 0.372. The summed E-state index contributed by atoms with van der Waals surface area (Å²) in [7, 11) is 0. The summed E-state index contributed by atoms with van der Waals surface area (Å²) in [4.78, 5) is 15.5. The molecule has 1 fully saturated rings. The third-order valence-corrected chi connectivity index (χ3v) is 2.98. The highest BCUT2D eigenvalue weighted by molar-refractivity contribution is 6.34. The van der Waals surface area contributed by atoms with Crippen LogP contribution in [-0.4, -0.2) is 23.5 Å². The lowest BCUT2D eigenvalue weighted by Crippen LogP contribution is -2.27. The number of nitrogens with one attached hydrogen (secondary N) is 2. The second-order valence-corrected chi connectivity index (χ2v) is 4.53. The third kappa shape index (κ3) is 3.34. The van der Waals surface area contributed by atoms with Gasteiger partial charge in [-0.25, -0.2) is 4.98 Å². The normalized spacial score (nSPS) is 13.8. The molecule has 0 unspecified atom stereocenters. The van der Waals surface area contributed by atoms with Crippen molar-refractivity contribution in [2.45, 2.75) is 25.3 Å². The molecule has 94 valence electrons. The van der Waals surface area contributed by atoms with Crippen LogP contribution in [0.3, 0.4) is 0 Å². The Morgan fingerprint density at radius 3 is 3.06 bits per heavy atom. The van der Waals surface area contributed by atoms with Crippen LogP contribution in [0.1, 0.15) is 24.8 Å². The Hall–Kier alpha value is -1.80. The van der Waals surface area contributed by atoms with Gasteiger partial charge in [0.1, 0.15) is 16.9 Å². The fourth-order valence-electron chi connectivity index (χ4n) is 1.48. The van der Waals surface area contributed by atoms with Crippen LogP contribution in [0.4, 0.5) is 5.82 Å². The second kappa shape index (κ2) is 5.69. The van der Waals surface area contributed by atoms with Gasteiger partial charge in [0.25, 0.3) is 0 Å². The van der Waals surface area contributed by atoms with Gasteiger partial charge >= 0.3 is 0 Å². The van der Waals surface area contributed by atoms with Crippen LogP contribution >= 0.6 is 11.6 Å². The molecule has 18 heavy (non-hydrogen) atoms. The molecule has 0 aliphatic heterocycles. The van der Waals surface area contributed by atoms with E-state index in [0.29, 0.717) is 35.4 Å². The smallest absolute Gasteiger partial charge is 0.221 e. The highest BCUT2D eigenvalue weighted by Crippen LogP contribution is 2.22. The molecule has 2 N–H and O–H groups in total. The van der Waals surface area contributed by atoms with E-state index in [9.17, 15) is 4.79 Å². The van der Waals surface area contributed by atoms with Crippen LogP contribution in [-0.2, 0) is 4.79 Å². The zero-order valence-corrected chi connectivity index (χ0v) is 10.5. The molecule has 1 aliphatic rings. The van der Waals surface area contributed by atoms with E-state index in [4.69, 9.17) is 16.9 Å². The van der Waals surface area contributed by atoms with E-state index in [1.54, 1.807) is 6.07 Å². The van der Waals surface area contributed by atoms with Crippen molar-refractivity contribution >= 4 is 23.3 Å². The molecule has 0 aromatic carbocycles. The number of aromatic nitrogens is 1. The molecular formula is C12H13ClN4O. The van der Waals surface area contributed by atoms with E-state index in [0.717, 1.165) is 12.8 Å². The van der Waals surface area contributed by atoms with Gasteiger partial charge in [-0.2, -0.15) is 5.26 Å². The number of rotatable bonds is 5. The first-order chi connectivity index (χ1) is 8.70. The fraction of sp³-hybridized carbons (Fsp3) is 0.417. The highest BCUT2D eigenvalue weighted by Gasteiger charge is 2.22. The van der Waals surface area contributed by atoms with Crippen molar-refractivity contribution in [3.05, 3.63) is 22.8 Å². The molecule has 6 heteroatoms. The molecular weight excluding hydrogens is 252 g/mol. The lowest BCUT2D eigenvalue weighted by molar-refractivity contribution is -0.120. The molecule has 0 radical (unpaired) electrons. The molecule has 1 saturated carbocycles. The number of nitriles is 1. The predicted molar refractivity (Wildman–Crippen MR) is 68.2 cm³/mol. The molecule has 1 aromatic heterocycles. The van der Waals surface area contributed by atoms with Gasteiger partial charge in [0.15, 0.2) is 0 Å². The number of pyridine rings is 1. The Kier molecular flexibility index (Phi) is 4.00. The number of nitrogens with zero attached hydrogens (tertiary/aromatic N) is 2. The van der Waals surface area contributed by atoms with Crippen LogP contribution in [0, 0.1) is 11.3 Å². The summed E-state index contributed by atoms with van der Waals surface area (Å²) in [6.45, 7) is 0.445.